The van der Waals surface area contributed by atoms with Gasteiger partial charge in [-0.25, -0.2) is 0 Å². The molecule has 1 aromatic rings. The number of amides is 1. The Morgan fingerprint density at radius 2 is 2.17 bits per heavy atom. The summed E-state index contributed by atoms with van der Waals surface area (Å²) in [5, 5.41) is 2.53. The Balaban J connectivity index is 2.60. The summed E-state index contributed by atoms with van der Waals surface area (Å²) in [6.07, 6.45) is -3.22. The van der Waals surface area contributed by atoms with Crippen LogP contribution < -0.4 is 11.1 Å². The molecule has 0 saturated carbocycles. The van der Waals surface area contributed by atoms with Crippen LogP contribution in [-0.4, -0.2) is 23.5 Å². The van der Waals surface area contributed by atoms with E-state index in [0.29, 0.717) is 19.2 Å². The van der Waals surface area contributed by atoms with E-state index >= 15 is 0 Å². The Hall–Kier alpha value is -1.63. The molecule has 1 atom stereocenters. The lowest BCUT2D eigenvalue weighted by atomic mass is 10.2. The van der Waals surface area contributed by atoms with Crippen molar-refractivity contribution in [3.05, 3.63) is 29.6 Å². The first-order valence-electron chi connectivity index (χ1n) is 5.37. The lowest BCUT2D eigenvalue weighted by Crippen LogP contribution is -2.29. The highest BCUT2D eigenvalue weighted by atomic mass is 19.4. The molecule has 0 aliphatic carbocycles. The number of halogens is 3. The third kappa shape index (κ3) is 4.33. The molecule has 1 heterocycles. The van der Waals surface area contributed by atoms with Crippen molar-refractivity contribution < 1.29 is 18.0 Å². The van der Waals surface area contributed by atoms with Crippen LogP contribution in [0.5, 0.6) is 0 Å². The molecule has 0 radical (unpaired) electrons. The molecule has 0 aromatic carbocycles. The van der Waals surface area contributed by atoms with Crippen molar-refractivity contribution in [1.82, 2.24) is 10.3 Å². The zero-order chi connectivity index (χ0) is 13.8. The zero-order valence-corrected chi connectivity index (χ0v) is 9.79. The summed E-state index contributed by atoms with van der Waals surface area (Å²) in [6.45, 7) is 2.15. The average Bonchev–Trinajstić information content (AvgIpc) is 2.27. The lowest BCUT2D eigenvalue weighted by molar-refractivity contribution is -0.137. The maximum atomic E-state index is 12.3. The molecule has 0 spiro atoms. The summed E-state index contributed by atoms with van der Waals surface area (Å²) >= 11 is 0. The number of carbonyl (C=O) groups excluding carboxylic acids is 1. The SMILES string of the molecule is CC(N)CCNC(=O)c1ccc(C(F)(F)F)cn1. The van der Waals surface area contributed by atoms with E-state index in [9.17, 15) is 18.0 Å². The minimum atomic E-state index is -4.45. The number of alkyl halides is 3. The smallest absolute Gasteiger partial charge is 0.351 e. The van der Waals surface area contributed by atoms with Gasteiger partial charge in [0.2, 0.25) is 0 Å². The fourth-order valence-electron chi connectivity index (χ4n) is 1.20. The van der Waals surface area contributed by atoms with E-state index < -0.39 is 17.6 Å². The minimum Gasteiger partial charge on any atom is -0.351 e. The Kier molecular flexibility index (Phi) is 4.66. The highest BCUT2D eigenvalue weighted by molar-refractivity contribution is 5.92. The summed E-state index contributed by atoms with van der Waals surface area (Å²) in [5.74, 6) is -0.510. The van der Waals surface area contributed by atoms with Crippen LogP contribution in [0, 0.1) is 0 Å². The second kappa shape index (κ2) is 5.81. The van der Waals surface area contributed by atoms with Crippen molar-refractivity contribution >= 4 is 5.91 Å². The largest absolute Gasteiger partial charge is 0.417 e. The highest BCUT2D eigenvalue weighted by Crippen LogP contribution is 2.28. The fourth-order valence-corrected chi connectivity index (χ4v) is 1.20. The van der Waals surface area contributed by atoms with E-state index in [0.717, 1.165) is 12.1 Å². The highest BCUT2D eigenvalue weighted by Gasteiger charge is 2.30. The van der Waals surface area contributed by atoms with Gasteiger partial charge in [-0.15, -0.1) is 0 Å². The summed E-state index contributed by atoms with van der Waals surface area (Å²) in [7, 11) is 0. The molecule has 1 rings (SSSR count). The average molecular weight is 261 g/mol. The van der Waals surface area contributed by atoms with Gasteiger partial charge >= 0.3 is 6.18 Å². The molecular weight excluding hydrogens is 247 g/mol. The van der Waals surface area contributed by atoms with Gasteiger partial charge in [-0.1, -0.05) is 0 Å². The minimum absolute atomic E-state index is 0.0484. The van der Waals surface area contributed by atoms with Crippen LogP contribution in [-0.2, 0) is 6.18 Å². The normalized spacial score (nSPS) is 13.2. The first kappa shape index (κ1) is 14.4. The number of pyridine rings is 1. The second-order valence-corrected chi connectivity index (χ2v) is 3.95. The predicted octanol–water partition coefficient (Wildman–Crippen LogP) is 1.57. The van der Waals surface area contributed by atoms with Gasteiger partial charge in [0, 0.05) is 18.8 Å². The topological polar surface area (TPSA) is 68.0 Å². The van der Waals surface area contributed by atoms with Crippen molar-refractivity contribution in [1.29, 1.82) is 0 Å². The van der Waals surface area contributed by atoms with Crippen molar-refractivity contribution in [3.63, 3.8) is 0 Å². The Morgan fingerprint density at radius 1 is 1.50 bits per heavy atom. The maximum absolute atomic E-state index is 12.3. The van der Waals surface area contributed by atoms with Crippen LogP contribution in [0.25, 0.3) is 0 Å². The number of nitrogens with one attached hydrogen (secondary N) is 1. The molecular formula is C11H14F3N3O. The third-order valence-electron chi connectivity index (χ3n) is 2.21. The van der Waals surface area contributed by atoms with E-state index in [1.807, 2.05) is 0 Å². The van der Waals surface area contributed by atoms with Crippen LogP contribution in [0.15, 0.2) is 18.3 Å². The molecule has 0 fully saturated rings. The Bertz CT molecular complexity index is 401. The molecule has 100 valence electrons. The van der Waals surface area contributed by atoms with Crippen LogP contribution in [0.4, 0.5) is 13.2 Å². The first-order chi connectivity index (χ1) is 8.30. The van der Waals surface area contributed by atoms with Crippen molar-refractivity contribution in [3.8, 4) is 0 Å². The van der Waals surface area contributed by atoms with Gasteiger partial charge in [-0.2, -0.15) is 13.2 Å². The van der Waals surface area contributed by atoms with Gasteiger partial charge in [-0.05, 0) is 25.5 Å². The number of hydrogen-bond donors (Lipinski definition) is 2. The second-order valence-electron chi connectivity index (χ2n) is 3.95. The van der Waals surface area contributed by atoms with Crippen molar-refractivity contribution in [2.24, 2.45) is 5.73 Å². The van der Waals surface area contributed by atoms with Crippen LogP contribution >= 0.6 is 0 Å². The molecule has 0 bridgehead atoms. The van der Waals surface area contributed by atoms with Crippen molar-refractivity contribution in [2.75, 3.05) is 6.54 Å². The molecule has 0 aliphatic rings. The number of nitrogens with zero attached hydrogens (tertiary/aromatic N) is 1. The summed E-state index contributed by atoms with van der Waals surface area (Å²) in [4.78, 5) is 15.0. The number of hydrogen-bond acceptors (Lipinski definition) is 3. The quantitative estimate of drug-likeness (QED) is 0.864. The van der Waals surface area contributed by atoms with Gasteiger partial charge < -0.3 is 11.1 Å². The molecule has 7 heteroatoms. The molecule has 0 aliphatic heterocycles. The van der Waals surface area contributed by atoms with E-state index in [2.05, 4.69) is 10.3 Å². The summed E-state index contributed by atoms with van der Waals surface area (Å²) in [6, 6.07) is 1.82. The number of rotatable bonds is 4. The van der Waals surface area contributed by atoms with Gasteiger partial charge in [-0.3, -0.25) is 9.78 Å². The zero-order valence-electron chi connectivity index (χ0n) is 9.79. The fraction of sp³-hybridized carbons (Fsp3) is 0.455. The molecule has 3 N–H and O–H groups in total. The molecule has 0 saturated heterocycles. The molecule has 1 aromatic heterocycles. The third-order valence-corrected chi connectivity index (χ3v) is 2.21. The summed E-state index contributed by atoms with van der Waals surface area (Å²) in [5.41, 5.74) is 4.56. The van der Waals surface area contributed by atoms with Gasteiger partial charge in [0.1, 0.15) is 5.69 Å². The van der Waals surface area contributed by atoms with Crippen LogP contribution in [0.1, 0.15) is 29.4 Å². The maximum Gasteiger partial charge on any atom is 0.417 e. The van der Waals surface area contributed by atoms with E-state index in [-0.39, 0.29) is 11.7 Å². The number of carbonyl (C=O) groups is 1. The van der Waals surface area contributed by atoms with Gasteiger partial charge in [0.05, 0.1) is 5.56 Å². The van der Waals surface area contributed by atoms with E-state index in [4.69, 9.17) is 5.73 Å². The Labute approximate surface area is 102 Å². The van der Waals surface area contributed by atoms with Gasteiger partial charge in [0.25, 0.3) is 5.91 Å². The number of aromatic nitrogens is 1. The molecule has 1 unspecified atom stereocenters. The standard InChI is InChI=1S/C11H14F3N3O/c1-7(15)4-5-16-10(18)9-3-2-8(6-17-9)11(12,13)14/h2-3,6-7H,4-5,15H2,1H3,(H,16,18). The Morgan fingerprint density at radius 3 is 2.61 bits per heavy atom. The number of nitrogens with two attached hydrogens (primary N) is 1. The van der Waals surface area contributed by atoms with Gasteiger partial charge in [0.15, 0.2) is 0 Å². The van der Waals surface area contributed by atoms with E-state index in [1.54, 1.807) is 6.92 Å². The molecule has 1 amide bonds. The van der Waals surface area contributed by atoms with E-state index in [1.165, 1.54) is 0 Å². The van der Waals surface area contributed by atoms with Crippen molar-refractivity contribution in [2.45, 2.75) is 25.6 Å². The van der Waals surface area contributed by atoms with Crippen LogP contribution in [0.2, 0.25) is 0 Å². The summed E-state index contributed by atoms with van der Waals surface area (Å²) < 4.78 is 36.8. The lowest BCUT2D eigenvalue weighted by Gasteiger charge is -2.08. The molecule has 4 nitrogen and oxygen atoms in total. The monoisotopic (exact) mass is 261 g/mol. The molecule has 18 heavy (non-hydrogen) atoms. The predicted molar refractivity (Wildman–Crippen MR) is 59.8 cm³/mol. The first-order valence-corrected chi connectivity index (χ1v) is 5.37. The van der Waals surface area contributed by atoms with Crippen LogP contribution in [0.3, 0.4) is 0 Å².